The zero-order chi connectivity index (χ0) is 21.5. The van der Waals surface area contributed by atoms with Crippen molar-refractivity contribution in [3.8, 4) is 6.07 Å². The molecular weight excluding hydrogens is 424 g/mol. The van der Waals surface area contributed by atoms with E-state index in [1.54, 1.807) is 13.8 Å². The van der Waals surface area contributed by atoms with Gasteiger partial charge in [0.15, 0.2) is 5.76 Å². The monoisotopic (exact) mass is 448 g/mol. The Bertz CT molecular complexity index is 1110. The van der Waals surface area contributed by atoms with E-state index in [0.717, 1.165) is 31.2 Å². The van der Waals surface area contributed by atoms with Crippen LogP contribution in [0.4, 0.5) is 5.00 Å². The summed E-state index contributed by atoms with van der Waals surface area (Å²) in [5.74, 6) is -0.453. The molecule has 3 heterocycles. The van der Waals surface area contributed by atoms with Gasteiger partial charge in [-0.2, -0.15) is 9.57 Å². The fourth-order valence-corrected chi connectivity index (χ4v) is 7.39. The Hall–Kier alpha value is -2.22. The van der Waals surface area contributed by atoms with E-state index in [-0.39, 0.29) is 23.1 Å². The van der Waals surface area contributed by atoms with E-state index >= 15 is 0 Å². The van der Waals surface area contributed by atoms with Crippen LogP contribution < -0.4 is 5.32 Å². The molecule has 2 aromatic rings. The second-order valence-corrected chi connectivity index (χ2v) is 10.9. The van der Waals surface area contributed by atoms with Crippen molar-refractivity contribution in [3.05, 3.63) is 27.5 Å². The van der Waals surface area contributed by atoms with Crippen LogP contribution in [0.15, 0.2) is 9.42 Å². The number of hydrogen-bond acceptors (Lipinski definition) is 7. The van der Waals surface area contributed by atoms with Crippen LogP contribution in [-0.4, -0.2) is 36.9 Å². The predicted octanol–water partition coefficient (Wildman–Crippen LogP) is 3.14. The van der Waals surface area contributed by atoms with E-state index in [1.807, 2.05) is 0 Å². The molecule has 0 bridgehead atoms. The molecule has 1 saturated heterocycles. The van der Waals surface area contributed by atoms with E-state index in [0.29, 0.717) is 35.6 Å². The third-order valence-electron chi connectivity index (χ3n) is 5.84. The number of anilines is 1. The average Bonchev–Trinajstić information content (AvgIpc) is 3.26. The summed E-state index contributed by atoms with van der Waals surface area (Å²) in [5, 5.41) is 16.9. The van der Waals surface area contributed by atoms with Gasteiger partial charge in [-0.25, -0.2) is 8.42 Å². The van der Waals surface area contributed by atoms with Crippen molar-refractivity contribution in [1.29, 1.82) is 5.26 Å². The summed E-state index contributed by atoms with van der Waals surface area (Å²) in [6.07, 6.45) is 5.17. The molecule has 0 saturated carbocycles. The minimum absolute atomic E-state index is 0.0845. The van der Waals surface area contributed by atoms with Crippen LogP contribution in [0.1, 0.15) is 53.1 Å². The van der Waals surface area contributed by atoms with Gasteiger partial charge in [-0.15, -0.1) is 11.3 Å². The zero-order valence-corrected chi connectivity index (χ0v) is 18.7. The van der Waals surface area contributed by atoms with Crippen LogP contribution in [0, 0.1) is 31.1 Å². The van der Waals surface area contributed by atoms with Crippen LogP contribution in [0.25, 0.3) is 0 Å². The van der Waals surface area contributed by atoms with Crippen LogP contribution in [0.5, 0.6) is 0 Å². The highest BCUT2D eigenvalue weighted by molar-refractivity contribution is 7.89. The van der Waals surface area contributed by atoms with Crippen molar-refractivity contribution >= 4 is 32.3 Å². The molecule has 2 aliphatic rings. The Morgan fingerprint density at radius 2 is 2.07 bits per heavy atom. The number of amides is 1. The highest BCUT2D eigenvalue weighted by Crippen LogP contribution is 2.38. The molecule has 2 aromatic heterocycles. The third-order valence-corrected chi connectivity index (χ3v) is 9.16. The second kappa shape index (κ2) is 8.13. The quantitative estimate of drug-likeness (QED) is 0.768. The number of thiophene rings is 1. The van der Waals surface area contributed by atoms with Crippen LogP contribution in [0.3, 0.4) is 0 Å². The summed E-state index contributed by atoms with van der Waals surface area (Å²) in [5.41, 5.74) is 1.95. The fourth-order valence-electron chi connectivity index (χ4n) is 4.33. The molecule has 30 heavy (non-hydrogen) atoms. The lowest BCUT2D eigenvalue weighted by Gasteiger charge is -2.31. The highest BCUT2D eigenvalue weighted by atomic mass is 32.2. The molecule has 0 aromatic carbocycles. The number of carbonyl (C=O) groups is 1. The number of carbonyl (C=O) groups excluding carboxylic acids is 1. The minimum Gasteiger partial charge on any atom is -0.360 e. The third kappa shape index (κ3) is 3.66. The first-order chi connectivity index (χ1) is 14.3. The van der Waals surface area contributed by atoms with Gasteiger partial charge in [-0.05, 0) is 57.9 Å². The maximum Gasteiger partial charge on any atom is 0.248 e. The average molecular weight is 449 g/mol. The van der Waals surface area contributed by atoms with Crippen LogP contribution >= 0.6 is 11.3 Å². The van der Waals surface area contributed by atoms with Crippen LogP contribution in [-0.2, 0) is 27.7 Å². The summed E-state index contributed by atoms with van der Waals surface area (Å²) in [6, 6.07) is 2.25. The molecule has 10 heteroatoms. The van der Waals surface area contributed by atoms with E-state index < -0.39 is 15.9 Å². The molecule has 160 valence electrons. The van der Waals surface area contributed by atoms with Gasteiger partial charge in [0, 0.05) is 18.0 Å². The molecule has 1 unspecified atom stereocenters. The highest BCUT2D eigenvalue weighted by Gasteiger charge is 2.37. The van der Waals surface area contributed by atoms with Crippen molar-refractivity contribution in [3.63, 3.8) is 0 Å². The van der Waals surface area contributed by atoms with Gasteiger partial charge >= 0.3 is 0 Å². The maximum absolute atomic E-state index is 13.1. The second-order valence-electron chi connectivity index (χ2n) is 7.87. The Morgan fingerprint density at radius 1 is 1.30 bits per heavy atom. The molecule has 1 N–H and O–H groups in total. The van der Waals surface area contributed by atoms with Gasteiger partial charge in [0.2, 0.25) is 15.9 Å². The molecule has 0 radical (unpaired) electrons. The van der Waals surface area contributed by atoms with Gasteiger partial charge in [0.05, 0.1) is 11.5 Å². The lowest BCUT2D eigenvalue weighted by molar-refractivity contribution is -0.120. The molecular formula is C20H24N4O4S2. The molecule has 1 aliphatic heterocycles. The summed E-state index contributed by atoms with van der Waals surface area (Å²) < 4.78 is 32.6. The first-order valence-electron chi connectivity index (χ1n) is 10.1. The first kappa shape index (κ1) is 21.0. The Balaban J connectivity index is 1.52. The minimum atomic E-state index is -3.79. The van der Waals surface area contributed by atoms with Crippen molar-refractivity contribution in [2.24, 2.45) is 5.92 Å². The molecule has 1 aliphatic carbocycles. The topological polar surface area (TPSA) is 116 Å². The number of fused-ring (bicyclic) bond motifs is 1. The standard InChI is InChI=1S/C20H24N4O4S2/c1-12-18(13(2)28-23-12)30(26,27)24-9-5-6-14(11-24)19(25)22-20-16(10-21)15-7-3-4-8-17(15)29-20/h14H,3-9,11H2,1-2H3,(H,22,25). The number of hydrogen-bond donors (Lipinski definition) is 1. The number of nitrogens with zero attached hydrogens (tertiary/aromatic N) is 3. The summed E-state index contributed by atoms with van der Waals surface area (Å²) in [4.78, 5) is 14.2. The lowest BCUT2D eigenvalue weighted by Crippen LogP contribution is -2.43. The molecule has 1 atom stereocenters. The van der Waals surface area contributed by atoms with E-state index in [9.17, 15) is 18.5 Å². The van der Waals surface area contributed by atoms with Crippen molar-refractivity contribution < 1.29 is 17.7 Å². The van der Waals surface area contributed by atoms with E-state index in [4.69, 9.17) is 4.52 Å². The number of rotatable bonds is 4. The van der Waals surface area contributed by atoms with Crippen molar-refractivity contribution in [2.45, 2.75) is 57.3 Å². The Labute approximate surface area is 179 Å². The molecule has 4 rings (SSSR count). The van der Waals surface area contributed by atoms with Gasteiger partial charge in [-0.1, -0.05) is 5.16 Å². The summed E-state index contributed by atoms with van der Waals surface area (Å²) in [7, 11) is -3.79. The number of nitrogens with one attached hydrogen (secondary N) is 1. The van der Waals surface area contributed by atoms with Gasteiger partial charge < -0.3 is 9.84 Å². The number of sulfonamides is 1. The van der Waals surface area contributed by atoms with E-state index in [1.165, 1.54) is 20.5 Å². The number of aromatic nitrogens is 1. The van der Waals surface area contributed by atoms with Gasteiger partial charge in [-0.3, -0.25) is 4.79 Å². The number of nitriles is 1. The Kier molecular flexibility index (Phi) is 5.70. The van der Waals surface area contributed by atoms with Crippen molar-refractivity contribution in [1.82, 2.24) is 9.46 Å². The first-order valence-corrected chi connectivity index (χ1v) is 12.4. The lowest BCUT2D eigenvalue weighted by atomic mass is 9.96. The summed E-state index contributed by atoms with van der Waals surface area (Å²) >= 11 is 1.48. The van der Waals surface area contributed by atoms with Crippen molar-refractivity contribution in [2.75, 3.05) is 18.4 Å². The Morgan fingerprint density at radius 3 is 2.77 bits per heavy atom. The zero-order valence-electron chi connectivity index (χ0n) is 17.0. The molecule has 1 fully saturated rings. The van der Waals surface area contributed by atoms with Crippen LogP contribution in [0.2, 0.25) is 0 Å². The van der Waals surface area contributed by atoms with Gasteiger partial charge in [0.25, 0.3) is 0 Å². The van der Waals surface area contributed by atoms with Gasteiger partial charge in [0.1, 0.15) is 21.7 Å². The molecule has 8 nitrogen and oxygen atoms in total. The normalized spacial score (nSPS) is 19.8. The number of aryl methyl sites for hydroxylation is 3. The maximum atomic E-state index is 13.1. The molecule has 0 spiro atoms. The summed E-state index contributed by atoms with van der Waals surface area (Å²) in [6.45, 7) is 3.63. The van der Waals surface area contributed by atoms with E-state index in [2.05, 4.69) is 16.5 Å². The predicted molar refractivity (Wildman–Crippen MR) is 112 cm³/mol. The SMILES string of the molecule is Cc1noc(C)c1S(=O)(=O)N1CCCC(C(=O)Nc2sc3c(c2C#N)CCCC3)C1. The smallest absolute Gasteiger partial charge is 0.248 e. The molecule has 1 amide bonds. The number of piperidine rings is 1. The fraction of sp³-hybridized carbons (Fsp3) is 0.550. The largest absolute Gasteiger partial charge is 0.360 e.